The molecule has 2 aromatic rings. The molecule has 116 valence electrons. The van der Waals surface area contributed by atoms with E-state index in [9.17, 15) is 0 Å². The zero-order valence-corrected chi connectivity index (χ0v) is 13.9. The number of aryl methyl sites for hydroxylation is 2. The number of fused-ring (bicyclic) bond motifs is 1. The van der Waals surface area contributed by atoms with Gasteiger partial charge in [0.1, 0.15) is 17.4 Å². The summed E-state index contributed by atoms with van der Waals surface area (Å²) in [5.74, 6) is 0.870. The van der Waals surface area contributed by atoms with Crippen molar-refractivity contribution in [3.63, 3.8) is 0 Å². The molecule has 2 heterocycles. The monoisotopic (exact) mass is 290 g/mol. The van der Waals surface area contributed by atoms with Crippen molar-refractivity contribution in [3.8, 4) is 0 Å². The highest BCUT2D eigenvalue weighted by molar-refractivity contribution is 5.87. The highest BCUT2D eigenvalue weighted by atomic mass is 15.3. The quantitative estimate of drug-likeness (QED) is 0.883. The number of aromatic nitrogens is 4. The summed E-state index contributed by atoms with van der Waals surface area (Å²) < 4.78 is 1.96. The Morgan fingerprint density at radius 2 is 2.00 bits per heavy atom. The average Bonchev–Trinajstić information content (AvgIpc) is 2.73. The first-order chi connectivity index (χ1) is 9.84. The number of hydrogen-bond donors (Lipinski definition) is 1. The topological polar surface area (TPSA) is 58.9 Å². The fourth-order valence-corrected chi connectivity index (χ4v) is 2.76. The summed E-state index contributed by atoms with van der Waals surface area (Å²) in [6.45, 7) is 11.3. The first kappa shape index (κ1) is 15.7. The van der Waals surface area contributed by atoms with Gasteiger partial charge in [-0.25, -0.2) is 9.97 Å². The number of anilines is 1. The van der Waals surface area contributed by atoms with Crippen molar-refractivity contribution in [1.29, 1.82) is 0 Å². The molecule has 6 heteroatoms. The summed E-state index contributed by atoms with van der Waals surface area (Å²) in [6, 6.07) is 0. The largest absolute Gasteiger partial charge is 0.368 e. The van der Waals surface area contributed by atoms with Gasteiger partial charge < -0.3 is 10.2 Å². The van der Waals surface area contributed by atoms with Crippen LogP contribution in [0.15, 0.2) is 6.33 Å². The van der Waals surface area contributed by atoms with Crippen LogP contribution >= 0.6 is 0 Å². The summed E-state index contributed by atoms with van der Waals surface area (Å²) >= 11 is 0. The zero-order chi connectivity index (χ0) is 15.6. The van der Waals surface area contributed by atoms with Crippen LogP contribution in [0, 0.1) is 12.3 Å². The third kappa shape index (κ3) is 3.50. The Morgan fingerprint density at radius 1 is 1.29 bits per heavy atom. The molecule has 0 bridgehead atoms. The van der Waals surface area contributed by atoms with Crippen molar-refractivity contribution in [2.45, 2.75) is 34.2 Å². The first-order valence-electron chi connectivity index (χ1n) is 7.41. The lowest BCUT2D eigenvalue weighted by atomic mass is 9.93. The third-order valence-electron chi connectivity index (χ3n) is 3.47. The molecular weight excluding hydrogens is 264 g/mol. The van der Waals surface area contributed by atoms with Crippen LogP contribution in [-0.2, 0) is 6.54 Å². The van der Waals surface area contributed by atoms with Gasteiger partial charge in [0.25, 0.3) is 0 Å². The molecule has 0 aliphatic carbocycles. The number of nitrogens with zero attached hydrogens (tertiary/aromatic N) is 5. The highest BCUT2D eigenvalue weighted by Crippen LogP contribution is 2.24. The van der Waals surface area contributed by atoms with E-state index in [1.165, 1.54) is 0 Å². The van der Waals surface area contributed by atoms with Gasteiger partial charge in [-0.3, -0.25) is 4.68 Å². The Bertz CT molecular complexity index is 614. The molecule has 0 unspecified atom stereocenters. The molecule has 0 amide bonds. The van der Waals surface area contributed by atoms with Gasteiger partial charge >= 0.3 is 0 Å². The Kier molecular flexibility index (Phi) is 4.46. The van der Waals surface area contributed by atoms with Crippen LogP contribution in [0.4, 0.5) is 5.82 Å². The van der Waals surface area contributed by atoms with Crippen LogP contribution in [0.3, 0.4) is 0 Å². The first-order valence-corrected chi connectivity index (χ1v) is 7.41. The molecule has 0 spiro atoms. The van der Waals surface area contributed by atoms with E-state index in [-0.39, 0.29) is 5.41 Å². The Morgan fingerprint density at radius 3 is 2.62 bits per heavy atom. The highest BCUT2D eigenvalue weighted by Gasteiger charge is 2.20. The lowest BCUT2D eigenvalue weighted by Crippen LogP contribution is -2.34. The summed E-state index contributed by atoms with van der Waals surface area (Å²) in [4.78, 5) is 11.0. The fourth-order valence-electron chi connectivity index (χ4n) is 2.76. The van der Waals surface area contributed by atoms with Gasteiger partial charge in [0.2, 0.25) is 0 Å². The van der Waals surface area contributed by atoms with E-state index in [0.717, 1.165) is 42.2 Å². The molecule has 0 saturated heterocycles. The minimum Gasteiger partial charge on any atom is -0.368 e. The van der Waals surface area contributed by atoms with Gasteiger partial charge in [0.15, 0.2) is 5.82 Å². The summed E-state index contributed by atoms with van der Waals surface area (Å²) in [7, 11) is 4.19. The molecule has 21 heavy (non-hydrogen) atoms. The predicted octanol–water partition coefficient (Wildman–Crippen LogP) is 2.15. The van der Waals surface area contributed by atoms with Crippen LogP contribution in [0.1, 0.15) is 26.5 Å². The minimum atomic E-state index is 0.160. The Balaban J connectivity index is 2.27. The lowest BCUT2D eigenvalue weighted by molar-refractivity contribution is 0.254. The third-order valence-corrected chi connectivity index (χ3v) is 3.47. The van der Waals surface area contributed by atoms with Gasteiger partial charge in [0.05, 0.1) is 5.69 Å². The second kappa shape index (κ2) is 5.97. The van der Waals surface area contributed by atoms with Gasteiger partial charge in [-0.15, -0.1) is 0 Å². The Hall–Kier alpha value is -1.69. The fraction of sp³-hybridized carbons (Fsp3) is 0.667. The SMILES string of the molecule is CCn1nc(C)c2ncnc(NCC(C)(C)CN(C)C)c21. The van der Waals surface area contributed by atoms with Gasteiger partial charge in [-0.1, -0.05) is 13.8 Å². The molecule has 1 N–H and O–H groups in total. The molecular formula is C15H26N6. The van der Waals surface area contributed by atoms with E-state index < -0.39 is 0 Å². The molecule has 6 nitrogen and oxygen atoms in total. The molecule has 0 radical (unpaired) electrons. The average molecular weight is 290 g/mol. The summed E-state index contributed by atoms with van der Waals surface area (Å²) in [6.07, 6.45) is 1.61. The maximum atomic E-state index is 4.53. The molecule has 0 aliphatic heterocycles. The maximum Gasteiger partial charge on any atom is 0.155 e. The van der Waals surface area contributed by atoms with Crippen molar-refractivity contribution < 1.29 is 0 Å². The van der Waals surface area contributed by atoms with Gasteiger partial charge in [0, 0.05) is 19.6 Å². The Labute approximate surface area is 126 Å². The predicted molar refractivity (Wildman–Crippen MR) is 86.6 cm³/mol. The normalized spacial score (nSPS) is 12.3. The maximum absolute atomic E-state index is 4.53. The molecule has 0 atom stereocenters. The van der Waals surface area contributed by atoms with Gasteiger partial charge in [-0.2, -0.15) is 5.10 Å². The van der Waals surface area contributed by atoms with E-state index in [1.54, 1.807) is 6.33 Å². The van der Waals surface area contributed by atoms with E-state index in [4.69, 9.17) is 0 Å². The van der Waals surface area contributed by atoms with Crippen molar-refractivity contribution in [2.24, 2.45) is 5.41 Å². The van der Waals surface area contributed by atoms with E-state index in [2.05, 4.69) is 60.1 Å². The van der Waals surface area contributed by atoms with Crippen molar-refractivity contribution in [3.05, 3.63) is 12.0 Å². The van der Waals surface area contributed by atoms with Crippen molar-refractivity contribution in [1.82, 2.24) is 24.6 Å². The molecule has 0 fully saturated rings. The van der Waals surface area contributed by atoms with E-state index in [0.29, 0.717) is 0 Å². The van der Waals surface area contributed by atoms with Crippen molar-refractivity contribution in [2.75, 3.05) is 32.5 Å². The van der Waals surface area contributed by atoms with Crippen LogP contribution in [0.25, 0.3) is 11.0 Å². The molecule has 2 rings (SSSR count). The molecule has 0 aromatic carbocycles. The second-order valence-electron chi connectivity index (χ2n) is 6.58. The van der Waals surface area contributed by atoms with Crippen LogP contribution < -0.4 is 5.32 Å². The minimum absolute atomic E-state index is 0.160. The van der Waals surface area contributed by atoms with Gasteiger partial charge in [-0.05, 0) is 33.4 Å². The van der Waals surface area contributed by atoms with E-state index in [1.807, 2.05) is 11.6 Å². The summed E-state index contributed by atoms with van der Waals surface area (Å²) in [5, 5.41) is 8.01. The van der Waals surface area contributed by atoms with Crippen LogP contribution in [0.2, 0.25) is 0 Å². The zero-order valence-electron chi connectivity index (χ0n) is 13.9. The van der Waals surface area contributed by atoms with Crippen LogP contribution in [0.5, 0.6) is 0 Å². The number of rotatable bonds is 6. The molecule has 2 aromatic heterocycles. The number of nitrogens with one attached hydrogen (secondary N) is 1. The van der Waals surface area contributed by atoms with Crippen LogP contribution in [-0.4, -0.2) is 51.8 Å². The molecule has 0 aliphatic rings. The van der Waals surface area contributed by atoms with E-state index >= 15 is 0 Å². The standard InChI is InChI=1S/C15H26N6/c1-7-21-13-12(11(2)19-21)17-10-18-14(13)16-8-15(3,4)9-20(5)6/h10H,7-9H2,1-6H3,(H,16,17,18). The smallest absolute Gasteiger partial charge is 0.155 e. The van der Waals surface area contributed by atoms with Crippen molar-refractivity contribution >= 4 is 16.9 Å². The lowest BCUT2D eigenvalue weighted by Gasteiger charge is -2.28. The molecule has 0 saturated carbocycles. The summed E-state index contributed by atoms with van der Waals surface area (Å²) in [5.41, 5.74) is 3.04. The number of hydrogen-bond acceptors (Lipinski definition) is 5. The second-order valence-corrected chi connectivity index (χ2v) is 6.58.